The molecule has 0 aliphatic carbocycles. The van der Waals surface area contributed by atoms with Crippen LogP contribution in [0.1, 0.15) is 78.3 Å². The van der Waals surface area contributed by atoms with Gasteiger partial charge in [0.1, 0.15) is 0 Å². The number of hydrogen-bond donors (Lipinski definition) is 0. The van der Waals surface area contributed by atoms with Crippen LogP contribution in [0, 0.1) is 0 Å². The minimum Gasteiger partial charge on any atom is -0.0876 e. The average Bonchev–Trinajstić information content (AvgIpc) is 2.77. The van der Waals surface area contributed by atoms with Crippen LogP contribution in [0.2, 0.25) is 0 Å². The molecule has 29 heavy (non-hydrogen) atoms. The second-order valence-electron chi connectivity index (χ2n) is 7.82. The van der Waals surface area contributed by atoms with Crippen LogP contribution in [0.15, 0.2) is 36.4 Å². The van der Waals surface area contributed by atoms with Crippen molar-refractivity contribution in [2.45, 2.75) is 79.1 Å². The third kappa shape index (κ3) is 10.0. The Morgan fingerprint density at radius 2 is 0.586 bits per heavy atom. The van der Waals surface area contributed by atoms with Gasteiger partial charge in [-0.15, -0.1) is 0 Å². The number of halogens is 4. The number of benzene rings is 2. The van der Waals surface area contributed by atoms with Gasteiger partial charge in [-0.1, -0.05) is 132 Å². The summed E-state index contributed by atoms with van der Waals surface area (Å²) in [5.74, 6) is 0. The van der Waals surface area contributed by atoms with Gasteiger partial charge in [0, 0.05) is 21.3 Å². The molecule has 0 saturated carbocycles. The third-order valence-corrected chi connectivity index (χ3v) is 7.86. The first-order chi connectivity index (χ1) is 14.2. The van der Waals surface area contributed by atoms with Crippen LogP contribution in [0.25, 0.3) is 0 Å². The number of unbranched alkanes of at least 4 members (excludes halogenated alkanes) is 6. The molecule has 0 atom stereocenters. The van der Waals surface area contributed by atoms with E-state index in [2.05, 4.69) is 100 Å². The van der Waals surface area contributed by atoms with Crippen LogP contribution in [0.3, 0.4) is 0 Å². The van der Waals surface area contributed by atoms with Gasteiger partial charge in [-0.2, -0.15) is 0 Å². The van der Waals surface area contributed by atoms with Crippen LogP contribution in [-0.2, 0) is 34.2 Å². The van der Waals surface area contributed by atoms with E-state index in [0.29, 0.717) is 0 Å². The molecule has 0 aliphatic rings. The molecule has 0 fully saturated rings. The van der Waals surface area contributed by atoms with Gasteiger partial charge in [-0.05, 0) is 59.1 Å². The fourth-order valence-corrected chi connectivity index (χ4v) is 5.11. The van der Waals surface area contributed by atoms with Crippen molar-refractivity contribution in [1.82, 2.24) is 0 Å². The van der Waals surface area contributed by atoms with Gasteiger partial charge in [-0.25, -0.2) is 0 Å². The van der Waals surface area contributed by atoms with E-state index >= 15 is 0 Å². The van der Waals surface area contributed by atoms with Crippen LogP contribution >= 0.6 is 63.7 Å². The molecule has 4 heteroatoms. The van der Waals surface area contributed by atoms with Gasteiger partial charge in [0.05, 0.1) is 0 Å². The summed E-state index contributed by atoms with van der Waals surface area (Å²) in [6, 6.07) is 14.0. The molecule has 160 valence electrons. The lowest BCUT2D eigenvalue weighted by Gasteiger charge is -2.08. The first-order valence-electron chi connectivity index (χ1n) is 10.7. The fourth-order valence-electron chi connectivity index (χ4n) is 3.82. The van der Waals surface area contributed by atoms with Crippen molar-refractivity contribution in [1.29, 1.82) is 0 Å². The molecule has 2 rings (SSSR count). The lowest BCUT2D eigenvalue weighted by molar-refractivity contribution is 0.579. The Kier molecular flexibility index (Phi) is 13.4. The first-order valence-corrected chi connectivity index (χ1v) is 15.1. The normalized spacial score (nSPS) is 11.2. The predicted octanol–water partition coefficient (Wildman–Crippen LogP) is 9.78. The molecule has 2 aromatic rings. The zero-order valence-electron chi connectivity index (χ0n) is 17.2. The molecule has 0 spiro atoms. The molecule has 0 radical (unpaired) electrons. The number of alkyl halides is 4. The molecular weight excluding hydrogens is 620 g/mol. The van der Waals surface area contributed by atoms with Gasteiger partial charge >= 0.3 is 0 Å². The van der Waals surface area contributed by atoms with E-state index in [1.807, 2.05) is 0 Å². The summed E-state index contributed by atoms with van der Waals surface area (Å²) in [4.78, 5) is 0. The van der Waals surface area contributed by atoms with E-state index in [9.17, 15) is 0 Å². The molecule has 0 aliphatic heterocycles. The van der Waals surface area contributed by atoms with Crippen molar-refractivity contribution in [3.8, 4) is 0 Å². The molecular formula is C25H32Br4. The monoisotopic (exact) mass is 648 g/mol. The number of rotatable bonds is 14. The molecule has 0 aromatic heterocycles. The molecule has 2 aromatic carbocycles. The Labute approximate surface area is 211 Å². The molecule has 0 heterocycles. The smallest absolute Gasteiger partial charge is 0.0283 e. The van der Waals surface area contributed by atoms with Crippen LogP contribution < -0.4 is 0 Å². The summed E-state index contributed by atoms with van der Waals surface area (Å²) in [7, 11) is 0. The predicted molar refractivity (Wildman–Crippen MR) is 143 cm³/mol. The van der Waals surface area contributed by atoms with Crippen LogP contribution in [0.4, 0.5) is 0 Å². The van der Waals surface area contributed by atoms with Crippen molar-refractivity contribution in [3.05, 3.63) is 69.8 Å². The zero-order chi connectivity index (χ0) is 20.9. The minimum atomic E-state index is 0.943. The van der Waals surface area contributed by atoms with E-state index in [1.165, 1.54) is 91.2 Å². The van der Waals surface area contributed by atoms with Gasteiger partial charge in [-0.3, -0.25) is 0 Å². The third-order valence-electron chi connectivity index (χ3n) is 5.27. The Morgan fingerprint density at radius 1 is 0.345 bits per heavy atom. The maximum atomic E-state index is 3.59. The molecule has 0 amide bonds. The van der Waals surface area contributed by atoms with Crippen molar-refractivity contribution in [2.75, 3.05) is 0 Å². The summed E-state index contributed by atoms with van der Waals surface area (Å²) in [5.41, 5.74) is 8.54. The summed E-state index contributed by atoms with van der Waals surface area (Å²) in [6.45, 7) is 0. The zero-order valence-corrected chi connectivity index (χ0v) is 23.5. The van der Waals surface area contributed by atoms with Crippen molar-refractivity contribution < 1.29 is 0 Å². The molecule has 0 nitrogen and oxygen atoms in total. The second-order valence-corrected chi connectivity index (χ2v) is 10.1. The quantitative estimate of drug-likeness (QED) is 0.141. The summed E-state index contributed by atoms with van der Waals surface area (Å²) in [5, 5.41) is 3.77. The lowest BCUT2D eigenvalue weighted by Crippen LogP contribution is -1.92. The lowest BCUT2D eigenvalue weighted by atomic mass is 10.00. The Hall–Kier alpha value is 0.360. The Morgan fingerprint density at radius 3 is 0.862 bits per heavy atom. The number of hydrogen-bond acceptors (Lipinski definition) is 0. The standard InChI is InChI=1S/C25H32Br4/c26-16-22-10-20(11-23(14-22)17-27)8-6-4-2-1-3-5-7-9-21-12-24(18-28)15-25(13-21)19-29/h10-15H,1-9,16-19H2. The van der Waals surface area contributed by atoms with Crippen molar-refractivity contribution >= 4 is 63.7 Å². The molecule has 0 saturated heterocycles. The van der Waals surface area contributed by atoms with Gasteiger partial charge < -0.3 is 0 Å². The van der Waals surface area contributed by atoms with E-state index < -0.39 is 0 Å². The molecule has 0 unspecified atom stereocenters. The minimum absolute atomic E-state index is 0.943. The number of aryl methyl sites for hydroxylation is 2. The van der Waals surface area contributed by atoms with Crippen LogP contribution in [-0.4, -0.2) is 0 Å². The second kappa shape index (κ2) is 15.2. The maximum Gasteiger partial charge on any atom is 0.0283 e. The highest BCUT2D eigenvalue weighted by molar-refractivity contribution is 9.09. The highest BCUT2D eigenvalue weighted by Gasteiger charge is 2.02. The SMILES string of the molecule is BrCc1cc(CBr)cc(CCCCCCCCCc2cc(CBr)cc(CBr)c2)c1. The highest BCUT2D eigenvalue weighted by atomic mass is 79.9. The highest BCUT2D eigenvalue weighted by Crippen LogP contribution is 2.20. The summed E-state index contributed by atoms with van der Waals surface area (Å²) < 4.78 is 0. The van der Waals surface area contributed by atoms with E-state index in [4.69, 9.17) is 0 Å². The fraction of sp³-hybridized carbons (Fsp3) is 0.520. The van der Waals surface area contributed by atoms with E-state index in [0.717, 1.165) is 21.3 Å². The first kappa shape index (κ1) is 25.6. The van der Waals surface area contributed by atoms with E-state index in [1.54, 1.807) is 0 Å². The Bertz CT molecular complexity index is 621. The van der Waals surface area contributed by atoms with Crippen molar-refractivity contribution in [3.63, 3.8) is 0 Å². The van der Waals surface area contributed by atoms with Gasteiger partial charge in [0.15, 0.2) is 0 Å². The Balaban J connectivity index is 1.58. The van der Waals surface area contributed by atoms with Crippen molar-refractivity contribution in [2.24, 2.45) is 0 Å². The largest absolute Gasteiger partial charge is 0.0876 e. The van der Waals surface area contributed by atoms with Crippen LogP contribution in [0.5, 0.6) is 0 Å². The van der Waals surface area contributed by atoms with Gasteiger partial charge in [0.25, 0.3) is 0 Å². The topological polar surface area (TPSA) is 0 Å². The summed E-state index contributed by atoms with van der Waals surface area (Å²) >= 11 is 14.4. The molecule has 0 bridgehead atoms. The van der Waals surface area contributed by atoms with Gasteiger partial charge in [0.2, 0.25) is 0 Å². The van der Waals surface area contributed by atoms with E-state index in [-0.39, 0.29) is 0 Å². The molecule has 0 N–H and O–H groups in total. The summed E-state index contributed by atoms with van der Waals surface area (Å²) in [6.07, 6.45) is 11.9. The average molecular weight is 652 g/mol. The maximum absolute atomic E-state index is 3.59.